The van der Waals surface area contributed by atoms with E-state index >= 15 is 0 Å². The minimum absolute atomic E-state index is 0.0840. The van der Waals surface area contributed by atoms with Crippen molar-refractivity contribution in [1.29, 1.82) is 0 Å². The summed E-state index contributed by atoms with van der Waals surface area (Å²) in [6.07, 6.45) is 3.77. The van der Waals surface area contributed by atoms with Crippen LogP contribution in [0.5, 0.6) is 5.75 Å². The summed E-state index contributed by atoms with van der Waals surface area (Å²) in [7, 11) is -3.79. The van der Waals surface area contributed by atoms with Crippen molar-refractivity contribution in [1.82, 2.24) is 20.9 Å². The number of ether oxygens (including phenoxy) is 1. The number of nitrogens with zero attached hydrogens (tertiary/aromatic N) is 1. The van der Waals surface area contributed by atoms with Gasteiger partial charge >= 0.3 is 6.03 Å². The molecule has 0 aliphatic carbocycles. The normalized spacial score (nSPS) is 15.7. The Morgan fingerprint density at radius 1 is 0.809 bits per heavy atom. The quantitative estimate of drug-likeness (QED) is 0.209. The summed E-state index contributed by atoms with van der Waals surface area (Å²) in [5.41, 5.74) is 0.761. The zero-order chi connectivity index (χ0) is 34.4. The lowest BCUT2D eigenvalue weighted by atomic mass is 9.99. The molecule has 0 bridgehead atoms. The lowest BCUT2D eigenvalue weighted by Gasteiger charge is -2.30. The van der Waals surface area contributed by atoms with E-state index in [0.717, 1.165) is 11.0 Å². The zero-order valence-electron chi connectivity index (χ0n) is 27.9. The Labute approximate surface area is 279 Å². The Morgan fingerprint density at radius 2 is 1.36 bits per heavy atom. The number of sulfone groups is 1. The minimum Gasteiger partial charge on any atom is -0.508 e. The second-order valence-corrected chi connectivity index (χ2v) is 14.6. The summed E-state index contributed by atoms with van der Waals surface area (Å²) in [6.45, 7) is 9.85. The fourth-order valence-electron chi connectivity index (χ4n) is 5.04. The first kappa shape index (κ1) is 37.6. The van der Waals surface area contributed by atoms with Gasteiger partial charge in [0.15, 0.2) is 9.84 Å². The van der Waals surface area contributed by atoms with Gasteiger partial charge in [0.25, 0.3) is 0 Å². The van der Waals surface area contributed by atoms with Gasteiger partial charge in [-0.2, -0.15) is 0 Å². The SMILES string of the molecule is CC(C)CC[C@H](NC(=O)[C@H](CCC(C)C)NC(=O)N1CCOCC1)C(=O)N[C@H](/C=C/S(=O)(=O)c1ccccc1)Cc1ccc(O)cc1. The Morgan fingerprint density at radius 3 is 1.94 bits per heavy atom. The van der Waals surface area contributed by atoms with E-state index in [-0.39, 0.29) is 29.0 Å². The predicted molar refractivity (Wildman–Crippen MR) is 181 cm³/mol. The molecule has 1 aliphatic heterocycles. The summed E-state index contributed by atoms with van der Waals surface area (Å²) in [5.74, 6) is -0.283. The number of phenolic OH excluding ortho intramolecular Hbond substituents is 1. The minimum atomic E-state index is -3.79. The lowest BCUT2D eigenvalue weighted by molar-refractivity contribution is -0.130. The van der Waals surface area contributed by atoms with Crippen LogP contribution in [-0.4, -0.2) is 80.7 Å². The molecule has 0 spiro atoms. The molecule has 11 nitrogen and oxygen atoms in total. The van der Waals surface area contributed by atoms with Crippen molar-refractivity contribution >= 4 is 27.7 Å². The number of rotatable bonds is 16. The fraction of sp³-hybridized carbons (Fsp3) is 0.514. The Kier molecular flexibility index (Phi) is 14.7. The first-order valence-corrected chi connectivity index (χ1v) is 17.9. The van der Waals surface area contributed by atoms with Crippen molar-refractivity contribution in [2.45, 2.75) is 82.8 Å². The molecule has 4 amide bonds. The number of hydrogen-bond donors (Lipinski definition) is 4. The molecule has 3 rings (SSSR count). The number of morpholine rings is 1. The van der Waals surface area contributed by atoms with Gasteiger partial charge in [-0.05, 0) is 73.8 Å². The van der Waals surface area contributed by atoms with Crippen LogP contribution in [-0.2, 0) is 30.6 Å². The molecule has 0 aromatic heterocycles. The van der Waals surface area contributed by atoms with E-state index in [1.54, 1.807) is 35.2 Å². The predicted octanol–water partition coefficient (Wildman–Crippen LogP) is 4.17. The molecule has 258 valence electrons. The van der Waals surface area contributed by atoms with Gasteiger partial charge in [0.1, 0.15) is 17.8 Å². The number of nitrogens with one attached hydrogen (secondary N) is 3. The summed E-state index contributed by atoms with van der Waals surface area (Å²) in [5, 5.41) is 19.5. The average Bonchev–Trinajstić information content (AvgIpc) is 3.05. The van der Waals surface area contributed by atoms with Crippen molar-refractivity contribution in [2.75, 3.05) is 26.3 Å². The van der Waals surface area contributed by atoms with Gasteiger partial charge in [-0.1, -0.05) is 64.1 Å². The van der Waals surface area contributed by atoms with Crippen molar-refractivity contribution in [2.24, 2.45) is 11.8 Å². The highest BCUT2D eigenvalue weighted by Gasteiger charge is 2.29. The van der Waals surface area contributed by atoms with Crippen molar-refractivity contribution < 1.29 is 32.6 Å². The lowest BCUT2D eigenvalue weighted by Crippen LogP contribution is -2.57. The van der Waals surface area contributed by atoms with E-state index in [4.69, 9.17) is 4.74 Å². The second-order valence-electron chi connectivity index (χ2n) is 12.8. The first-order valence-electron chi connectivity index (χ1n) is 16.3. The van der Waals surface area contributed by atoms with Gasteiger partial charge in [0, 0.05) is 18.5 Å². The number of aromatic hydroxyl groups is 1. The maximum absolute atomic E-state index is 13.8. The summed E-state index contributed by atoms with van der Waals surface area (Å²) < 4.78 is 31.4. The van der Waals surface area contributed by atoms with Crippen LogP contribution >= 0.6 is 0 Å². The molecule has 2 aromatic carbocycles. The summed E-state index contributed by atoms with van der Waals surface area (Å²) in [4.78, 5) is 42.3. The van der Waals surface area contributed by atoms with E-state index in [9.17, 15) is 27.9 Å². The maximum atomic E-state index is 13.8. The van der Waals surface area contributed by atoms with Gasteiger partial charge in [0.2, 0.25) is 11.8 Å². The van der Waals surface area contributed by atoms with E-state index in [0.29, 0.717) is 57.9 Å². The molecule has 0 radical (unpaired) electrons. The van der Waals surface area contributed by atoms with Crippen molar-refractivity contribution in [3.8, 4) is 5.75 Å². The topological polar surface area (TPSA) is 154 Å². The Hall–Kier alpha value is -3.90. The van der Waals surface area contributed by atoms with Crippen LogP contribution in [0.2, 0.25) is 0 Å². The molecule has 3 atom stereocenters. The Bertz CT molecular complexity index is 1420. The molecule has 2 aromatic rings. The van der Waals surface area contributed by atoms with Gasteiger partial charge in [0.05, 0.1) is 24.2 Å². The molecule has 12 heteroatoms. The number of amides is 4. The van der Waals surface area contributed by atoms with Crippen LogP contribution in [0.25, 0.3) is 0 Å². The standard InChI is InChI=1S/C35H50N4O7S/c1-25(2)10-16-31(37-34(42)32(17-11-26(3)4)38-35(43)39-19-21-46-22-20-39)33(41)36-28(24-27-12-14-29(40)15-13-27)18-23-47(44,45)30-8-6-5-7-9-30/h5-9,12-15,18,23,25-26,28,31-32,40H,10-11,16-17,19-22,24H2,1-4H3,(H,36,41)(H,37,42)(H,38,43)/b23-18+/t28-,31+,32+/m1/s1. The molecule has 1 aliphatic rings. The van der Waals surface area contributed by atoms with Gasteiger partial charge in [-0.15, -0.1) is 0 Å². The highest BCUT2D eigenvalue weighted by Crippen LogP contribution is 2.16. The van der Waals surface area contributed by atoms with Gasteiger partial charge in [-0.25, -0.2) is 13.2 Å². The largest absolute Gasteiger partial charge is 0.508 e. The molecule has 0 unspecified atom stereocenters. The molecule has 1 fully saturated rings. The van der Waals surface area contributed by atoms with E-state index < -0.39 is 39.8 Å². The third-order valence-electron chi connectivity index (χ3n) is 7.89. The number of urea groups is 1. The summed E-state index contributed by atoms with van der Waals surface area (Å²) >= 11 is 0. The van der Waals surface area contributed by atoms with Crippen LogP contribution in [0.3, 0.4) is 0 Å². The summed E-state index contributed by atoms with van der Waals surface area (Å²) in [6, 6.07) is 11.6. The third kappa shape index (κ3) is 13.0. The second kappa shape index (κ2) is 18.4. The molecule has 47 heavy (non-hydrogen) atoms. The van der Waals surface area contributed by atoms with Crippen molar-refractivity contribution in [3.05, 3.63) is 71.6 Å². The van der Waals surface area contributed by atoms with Crippen LogP contribution in [0, 0.1) is 11.8 Å². The highest BCUT2D eigenvalue weighted by molar-refractivity contribution is 7.94. The van der Waals surface area contributed by atoms with E-state index in [1.807, 2.05) is 27.7 Å². The van der Waals surface area contributed by atoms with Gasteiger partial charge in [-0.3, -0.25) is 9.59 Å². The molecule has 4 N–H and O–H groups in total. The highest BCUT2D eigenvalue weighted by atomic mass is 32.2. The molecule has 1 saturated heterocycles. The monoisotopic (exact) mass is 670 g/mol. The maximum Gasteiger partial charge on any atom is 0.318 e. The van der Waals surface area contributed by atoms with E-state index in [2.05, 4.69) is 16.0 Å². The smallest absolute Gasteiger partial charge is 0.318 e. The number of benzene rings is 2. The molecular formula is C35H50N4O7S. The van der Waals surface area contributed by atoms with Crippen LogP contribution < -0.4 is 16.0 Å². The average molecular weight is 671 g/mol. The Balaban J connectivity index is 1.82. The fourth-order valence-corrected chi connectivity index (χ4v) is 6.13. The van der Waals surface area contributed by atoms with Crippen LogP contribution in [0.15, 0.2) is 71.0 Å². The third-order valence-corrected chi connectivity index (χ3v) is 9.34. The molecule has 1 heterocycles. The number of carbonyl (C=O) groups is 3. The first-order chi connectivity index (χ1) is 22.3. The van der Waals surface area contributed by atoms with Crippen molar-refractivity contribution in [3.63, 3.8) is 0 Å². The van der Waals surface area contributed by atoms with Gasteiger partial charge < -0.3 is 30.7 Å². The molecular weight excluding hydrogens is 620 g/mol. The number of carbonyl (C=O) groups excluding carboxylic acids is 3. The number of hydrogen-bond acceptors (Lipinski definition) is 7. The number of phenols is 1. The molecule has 0 saturated carbocycles. The van der Waals surface area contributed by atoms with Crippen LogP contribution in [0.1, 0.15) is 58.9 Å². The van der Waals surface area contributed by atoms with E-state index in [1.165, 1.54) is 30.3 Å². The van der Waals surface area contributed by atoms with Crippen LogP contribution in [0.4, 0.5) is 4.79 Å². The zero-order valence-corrected chi connectivity index (χ0v) is 28.7.